The Labute approximate surface area is 352 Å². The molecule has 0 bridgehead atoms. The van der Waals surface area contributed by atoms with Crippen LogP contribution in [0.25, 0.3) is 55.3 Å². The van der Waals surface area contributed by atoms with Crippen LogP contribution >= 0.6 is 0 Å². The molecule has 0 fully saturated rings. The molecule has 0 unspecified atom stereocenters. The summed E-state index contributed by atoms with van der Waals surface area (Å²) in [5, 5.41) is 2.43. The molecule has 0 aromatic heterocycles. The van der Waals surface area contributed by atoms with Crippen molar-refractivity contribution >= 4 is 27.8 Å². The lowest BCUT2D eigenvalue weighted by Crippen LogP contribution is -2.28. The van der Waals surface area contributed by atoms with Gasteiger partial charge in [-0.1, -0.05) is 212 Å². The number of para-hydroxylation sites is 1. The quantitative estimate of drug-likeness (QED) is 0.149. The van der Waals surface area contributed by atoms with Crippen molar-refractivity contribution in [1.29, 1.82) is 0 Å². The van der Waals surface area contributed by atoms with Crippen molar-refractivity contribution in [2.45, 2.75) is 5.41 Å². The largest absolute Gasteiger partial charge is 0.310 e. The topological polar surface area (TPSA) is 3.24 Å². The molecule has 1 nitrogen and oxygen atoms in total. The zero-order chi connectivity index (χ0) is 39.9. The molecule has 0 aliphatic heterocycles. The molecule has 0 amide bonds. The van der Waals surface area contributed by atoms with Crippen molar-refractivity contribution in [3.05, 3.63) is 271 Å². The van der Waals surface area contributed by atoms with Gasteiger partial charge in [0.1, 0.15) is 0 Å². The minimum absolute atomic E-state index is 0.481. The minimum Gasteiger partial charge on any atom is -0.310 e. The maximum atomic E-state index is 2.44. The van der Waals surface area contributed by atoms with E-state index in [-0.39, 0.29) is 0 Å². The van der Waals surface area contributed by atoms with E-state index >= 15 is 0 Å². The first-order valence-corrected chi connectivity index (χ1v) is 20.8. The van der Waals surface area contributed by atoms with E-state index in [0.29, 0.717) is 0 Å². The van der Waals surface area contributed by atoms with Gasteiger partial charge in [0.05, 0.1) is 11.1 Å². The number of fused-ring (bicyclic) bond motifs is 4. The second-order valence-corrected chi connectivity index (χ2v) is 15.6. The highest BCUT2D eigenvalue weighted by molar-refractivity contribution is 6.00. The van der Waals surface area contributed by atoms with Crippen LogP contribution in [0.5, 0.6) is 0 Å². The number of nitrogens with zero attached hydrogens (tertiary/aromatic N) is 1. The van der Waals surface area contributed by atoms with E-state index in [0.717, 1.165) is 17.1 Å². The molecule has 11 rings (SSSR count). The van der Waals surface area contributed by atoms with Gasteiger partial charge in [-0.05, 0) is 108 Å². The molecule has 0 N–H and O–H groups in total. The van der Waals surface area contributed by atoms with Crippen LogP contribution < -0.4 is 4.90 Å². The van der Waals surface area contributed by atoms with Crippen molar-refractivity contribution in [1.82, 2.24) is 0 Å². The van der Waals surface area contributed by atoms with Gasteiger partial charge in [-0.25, -0.2) is 0 Å². The van der Waals surface area contributed by atoms with Crippen LogP contribution in [0.2, 0.25) is 0 Å². The van der Waals surface area contributed by atoms with E-state index in [4.69, 9.17) is 0 Å². The molecule has 60 heavy (non-hydrogen) atoms. The summed E-state index contributed by atoms with van der Waals surface area (Å²) in [7, 11) is 0. The summed E-state index contributed by atoms with van der Waals surface area (Å²) in [5.41, 5.74) is 17.7. The van der Waals surface area contributed by atoms with Gasteiger partial charge < -0.3 is 4.90 Å². The Kier molecular flexibility index (Phi) is 8.79. The third-order valence-electron chi connectivity index (χ3n) is 12.3. The molecule has 0 atom stereocenters. The Balaban J connectivity index is 1.11. The third kappa shape index (κ3) is 5.86. The normalized spacial score (nSPS) is 12.5. The molecule has 10 aromatic rings. The number of hydrogen-bond acceptors (Lipinski definition) is 1. The smallest absolute Gasteiger partial charge is 0.0713 e. The zero-order valence-electron chi connectivity index (χ0n) is 33.1. The van der Waals surface area contributed by atoms with E-state index < -0.39 is 5.41 Å². The SMILES string of the molecule is c1ccc(-c2cccc(-c3ccc(N(c4ccc5ccccc5c4)c4ccccc4-c4cccc5c4-c4ccccc4C5(c4ccccc4)c4ccccc4)cc3)c2)cc1. The molecule has 1 aliphatic rings. The monoisotopic (exact) mass is 763 g/mol. The maximum absolute atomic E-state index is 2.44. The number of hydrogen-bond donors (Lipinski definition) is 0. The summed E-state index contributed by atoms with van der Waals surface area (Å²) in [5.74, 6) is 0. The van der Waals surface area contributed by atoms with E-state index in [2.05, 4.69) is 254 Å². The minimum atomic E-state index is -0.481. The molecule has 0 heterocycles. The van der Waals surface area contributed by atoms with Crippen molar-refractivity contribution in [2.75, 3.05) is 4.90 Å². The Bertz CT molecular complexity index is 3090. The Hall–Kier alpha value is -7.74. The van der Waals surface area contributed by atoms with Crippen LogP contribution in [0.3, 0.4) is 0 Å². The molecule has 0 saturated carbocycles. The van der Waals surface area contributed by atoms with E-state index in [1.54, 1.807) is 0 Å². The predicted molar refractivity (Wildman–Crippen MR) is 252 cm³/mol. The van der Waals surface area contributed by atoms with Crippen LogP contribution in [-0.2, 0) is 5.41 Å². The van der Waals surface area contributed by atoms with Crippen LogP contribution in [0.1, 0.15) is 22.3 Å². The van der Waals surface area contributed by atoms with Crippen LogP contribution in [-0.4, -0.2) is 0 Å². The van der Waals surface area contributed by atoms with Crippen molar-refractivity contribution in [2.24, 2.45) is 0 Å². The lowest BCUT2D eigenvalue weighted by atomic mass is 9.67. The lowest BCUT2D eigenvalue weighted by Gasteiger charge is -2.34. The van der Waals surface area contributed by atoms with Crippen LogP contribution in [0, 0.1) is 0 Å². The average Bonchev–Trinajstić information content (AvgIpc) is 3.64. The first kappa shape index (κ1) is 35.4. The molecular weight excluding hydrogens is 723 g/mol. The highest BCUT2D eigenvalue weighted by Gasteiger charge is 2.46. The first-order chi connectivity index (χ1) is 29.8. The standard InChI is InChI=1S/C59H41N/c1-4-18-42(19-5-1)45-22-16-23-46(40-45)44-34-37-50(38-35-44)60(51-39-36-43-20-10-11-21-47(43)41-51)57-33-15-13-28-52(57)53-30-17-32-56-58(53)54-29-12-14-31-55(54)59(56,48-24-6-2-7-25-48)49-26-8-3-9-27-49/h1-41H. The molecule has 0 radical (unpaired) electrons. The first-order valence-electron chi connectivity index (χ1n) is 20.8. The molecular formula is C59H41N. The zero-order valence-corrected chi connectivity index (χ0v) is 33.1. The summed E-state index contributed by atoms with van der Waals surface area (Å²) in [6.07, 6.45) is 0. The van der Waals surface area contributed by atoms with E-state index in [1.807, 2.05) is 0 Å². The number of benzene rings is 10. The highest BCUT2D eigenvalue weighted by atomic mass is 15.1. The number of rotatable bonds is 8. The Morgan fingerprint density at radius 2 is 0.783 bits per heavy atom. The average molecular weight is 764 g/mol. The van der Waals surface area contributed by atoms with Gasteiger partial charge in [0, 0.05) is 16.9 Å². The summed E-state index contributed by atoms with van der Waals surface area (Å²) in [6, 6.07) is 91.0. The van der Waals surface area contributed by atoms with Gasteiger partial charge in [-0.15, -0.1) is 0 Å². The van der Waals surface area contributed by atoms with Gasteiger partial charge >= 0.3 is 0 Å². The van der Waals surface area contributed by atoms with Crippen molar-refractivity contribution in [3.8, 4) is 44.5 Å². The fraction of sp³-hybridized carbons (Fsp3) is 0.0169. The molecule has 0 saturated heterocycles. The summed E-state index contributed by atoms with van der Waals surface area (Å²) in [6.45, 7) is 0. The molecule has 282 valence electrons. The lowest BCUT2D eigenvalue weighted by molar-refractivity contribution is 0.768. The molecule has 1 heteroatoms. The van der Waals surface area contributed by atoms with E-state index in [1.165, 1.54) is 77.5 Å². The van der Waals surface area contributed by atoms with Crippen molar-refractivity contribution < 1.29 is 0 Å². The summed E-state index contributed by atoms with van der Waals surface area (Å²) < 4.78 is 0. The van der Waals surface area contributed by atoms with Gasteiger partial charge in [0.25, 0.3) is 0 Å². The van der Waals surface area contributed by atoms with Crippen LogP contribution in [0.4, 0.5) is 17.1 Å². The molecule has 10 aromatic carbocycles. The fourth-order valence-electron chi connectivity index (χ4n) is 9.67. The van der Waals surface area contributed by atoms with E-state index in [9.17, 15) is 0 Å². The van der Waals surface area contributed by atoms with Crippen molar-refractivity contribution in [3.63, 3.8) is 0 Å². The van der Waals surface area contributed by atoms with Gasteiger partial charge in [0.15, 0.2) is 0 Å². The highest BCUT2D eigenvalue weighted by Crippen LogP contribution is 2.59. The van der Waals surface area contributed by atoms with Gasteiger partial charge in [-0.3, -0.25) is 0 Å². The molecule has 1 aliphatic carbocycles. The second-order valence-electron chi connectivity index (χ2n) is 15.6. The maximum Gasteiger partial charge on any atom is 0.0713 e. The second kappa shape index (κ2) is 14.9. The predicted octanol–water partition coefficient (Wildman–Crippen LogP) is 15.7. The third-order valence-corrected chi connectivity index (χ3v) is 12.3. The fourth-order valence-corrected chi connectivity index (χ4v) is 9.67. The van der Waals surface area contributed by atoms with Crippen LogP contribution in [0.15, 0.2) is 249 Å². The summed E-state index contributed by atoms with van der Waals surface area (Å²) in [4.78, 5) is 2.44. The Morgan fingerprint density at radius 3 is 1.50 bits per heavy atom. The number of anilines is 3. The van der Waals surface area contributed by atoms with Gasteiger partial charge in [0.2, 0.25) is 0 Å². The summed E-state index contributed by atoms with van der Waals surface area (Å²) >= 11 is 0. The Morgan fingerprint density at radius 1 is 0.283 bits per heavy atom. The van der Waals surface area contributed by atoms with Gasteiger partial charge in [-0.2, -0.15) is 0 Å². The molecule has 0 spiro atoms.